The molecule has 0 saturated carbocycles. The lowest BCUT2D eigenvalue weighted by molar-refractivity contribution is 0.602. The van der Waals surface area contributed by atoms with Gasteiger partial charge < -0.3 is 4.57 Å². The summed E-state index contributed by atoms with van der Waals surface area (Å²) in [6.45, 7) is 0.434. The third-order valence-electron chi connectivity index (χ3n) is 2.60. The second-order valence-corrected chi connectivity index (χ2v) is 6.10. The molecule has 0 amide bonds. The highest BCUT2D eigenvalue weighted by molar-refractivity contribution is 7.90. The molecule has 5 heteroatoms. The van der Waals surface area contributed by atoms with Gasteiger partial charge in [0.15, 0.2) is 9.84 Å². The molecule has 2 rings (SSSR count). The van der Waals surface area contributed by atoms with Crippen LogP contribution in [-0.4, -0.2) is 19.2 Å². The van der Waals surface area contributed by atoms with Gasteiger partial charge in [-0.3, -0.25) is 4.79 Å². The Morgan fingerprint density at radius 1 is 1.06 bits per heavy atom. The molecule has 0 unspecified atom stereocenters. The van der Waals surface area contributed by atoms with E-state index in [0.29, 0.717) is 6.54 Å². The van der Waals surface area contributed by atoms with E-state index < -0.39 is 9.84 Å². The second-order valence-electron chi connectivity index (χ2n) is 4.08. The summed E-state index contributed by atoms with van der Waals surface area (Å²) >= 11 is 0. The minimum absolute atomic E-state index is 0.0790. The highest BCUT2D eigenvalue weighted by Crippen LogP contribution is 2.10. The molecule has 94 valence electrons. The van der Waals surface area contributed by atoms with E-state index in [-0.39, 0.29) is 10.5 Å². The summed E-state index contributed by atoms with van der Waals surface area (Å²) in [6, 6.07) is 11.5. The summed E-state index contributed by atoms with van der Waals surface area (Å²) < 4.78 is 24.2. The average molecular weight is 263 g/mol. The molecule has 0 aliphatic heterocycles. The number of benzene rings is 1. The molecule has 2 aromatic rings. The van der Waals surface area contributed by atoms with Gasteiger partial charge in [-0.1, -0.05) is 18.2 Å². The number of hydrogen-bond acceptors (Lipinski definition) is 3. The molecule has 0 aliphatic carbocycles. The molecule has 1 aromatic heterocycles. The van der Waals surface area contributed by atoms with Crippen LogP contribution in [0.5, 0.6) is 0 Å². The van der Waals surface area contributed by atoms with Crippen molar-refractivity contribution in [2.24, 2.45) is 0 Å². The van der Waals surface area contributed by atoms with Crippen molar-refractivity contribution in [2.45, 2.75) is 11.4 Å². The van der Waals surface area contributed by atoms with Crippen molar-refractivity contribution >= 4 is 9.84 Å². The van der Waals surface area contributed by atoms with Crippen LogP contribution in [0.1, 0.15) is 5.56 Å². The summed E-state index contributed by atoms with van der Waals surface area (Å²) in [5.74, 6) is 0. The van der Waals surface area contributed by atoms with Gasteiger partial charge in [-0.2, -0.15) is 0 Å². The number of sulfone groups is 1. The van der Waals surface area contributed by atoms with Crippen molar-refractivity contribution in [3.8, 4) is 0 Å². The maximum absolute atomic E-state index is 11.5. The van der Waals surface area contributed by atoms with Crippen LogP contribution < -0.4 is 5.56 Å². The van der Waals surface area contributed by atoms with Crippen molar-refractivity contribution < 1.29 is 8.42 Å². The lowest BCUT2D eigenvalue weighted by Gasteiger charge is -2.05. The number of rotatable bonds is 3. The van der Waals surface area contributed by atoms with Gasteiger partial charge in [-0.25, -0.2) is 8.42 Å². The molecule has 0 bridgehead atoms. The molecule has 0 spiro atoms. The van der Waals surface area contributed by atoms with Gasteiger partial charge in [-0.15, -0.1) is 0 Å². The first-order valence-corrected chi connectivity index (χ1v) is 7.30. The molecule has 4 nitrogen and oxygen atoms in total. The Morgan fingerprint density at radius 3 is 2.28 bits per heavy atom. The van der Waals surface area contributed by atoms with Crippen LogP contribution in [0.25, 0.3) is 0 Å². The summed E-state index contributed by atoms with van der Waals surface area (Å²) in [4.78, 5) is 11.8. The molecule has 1 heterocycles. The molecule has 0 atom stereocenters. The number of nitrogens with zero attached hydrogens (tertiary/aromatic N) is 1. The van der Waals surface area contributed by atoms with Crippen LogP contribution in [0.3, 0.4) is 0 Å². The number of aromatic nitrogens is 1. The summed E-state index contributed by atoms with van der Waals surface area (Å²) in [5, 5.41) is 0. The Morgan fingerprint density at radius 2 is 1.72 bits per heavy atom. The molecule has 18 heavy (non-hydrogen) atoms. The molecule has 0 radical (unpaired) electrons. The Balaban J connectivity index is 2.27. The summed E-state index contributed by atoms with van der Waals surface area (Å²) in [7, 11) is -3.17. The predicted octanol–water partition coefficient (Wildman–Crippen LogP) is 1.30. The van der Waals surface area contributed by atoms with E-state index in [4.69, 9.17) is 0 Å². The quantitative estimate of drug-likeness (QED) is 0.838. The minimum Gasteiger partial charge on any atom is -0.311 e. The third kappa shape index (κ3) is 2.87. The van der Waals surface area contributed by atoms with E-state index in [1.54, 1.807) is 47.2 Å². The van der Waals surface area contributed by atoms with Crippen LogP contribution in [0, 0.1) is 0 Å². The van der Waals surface area contributed by atoms with Crippen molar-refractivity contribution in [2.75, 3.05) is 6.26 Å². The first kappa shape index (κ1) is 12.6. The first-order valence-electron chi connectivity index (χ1n) is 5.41. The summed E-state index contributed by atoms with van der Waals surface area (Å²) in [6.07, 6.45) is 2.87. The van der Waals surface area contributed by atoms with Crippen LogP contribution in [-0.2, 0) is 16.4 Å². The molecule has 0 fully saturated rings. The molecule has 0 N–H and O–H groups in total. The Labute approximate surface area is 105 Å². The van der Waals surface area contributed by atoms with Crippen LogP contribution in [0.4, 0.5) is 0 Å². The van der Waals surface area contributed by atoms with Gasteiger partial charge in [0.1, 0.15) is 0 Å². The van der Waals surface area contributed by atoms with E-state index in [0.717, 1.165) is 5.56 Å². The molecular formula is C13H13NO3S. The van der Waals surface area contributed by atoms with E-state index in [1.807, 2.05) is 0 Å². The zero-order valence-corrected chi connectivity index (χ0v) is 10.7. The van der Waals surface area contributed by atoms with E-state index >= 15 is 0 Å². The van der Waals surface area contributed by atoms with Gasteiger partial charge in [0.2, 0.25) is 0 Å². The zero-order chi connectivity index (χ0) is 13.2. The van der Waals surface area contributed by atoms with Crippen molar-refractivity contribution in [1.82, 2.24) is 4.57 Å². The molecular weight excluding hydrogens is 250 g/mol. The first-order chi connectivity index (χ1) is 8.47. The van der Waals surface area contributed by atoms with Crippen molar-refractivity contribution in [1.29, 1.82) is 0 Å². The van der Waals surface area contributed by atoms with Crippen molar-refractivity contribution in [3.63, 3.8) is 0 Å². The Hall–Kier alpha value is -1.88. The van der Waals surface area contributed by atoms with Crippen LogP contribution >= 0.6 is 0 Å². The topological polar surface area (TPSA) is 56.1 Å². The maximum atomic E-state index is 11.5. The SMILES string of the molecule is CS(=O)(=O)c1ccc(Cn2ccccc2=O)cc1. The largest absolute Gasteiger partial charge is 0.311 e. The lowest BCUT2D eigenvalue weighted by atomic mass is 10.2. The van der Waals surface area contributed by atoms with Crippen LogP contribution in [0.15, 0.2) is 58.4 Å². The van der Waals surface area contributed by atoms with Gasteiger partial charge in [0.05, 0.1) is 11.4 Å². The molecule has 1 aromatic carbocycles. The fourth-order valence-corrected chi connectivity index (χ4v) is 2.26. The van der Waals surface area contributed by atoms with E-state index in [1.165, 1.54) is 12.3 Å². The van der Waals surface area contributed by atoms with Crippen molar-refractivity contribution in [3.05, 3.63) is 64.6 Å². The smallest absolute Gasteiger partial charge is 0.250 e. The number of pyridine rings is 1. The highest BCUT2D eigenvalue weighted by Gasteiger charge is 2.06. The molecule has 0 saturated heterocycles. The monoisotopic (exact) mass is 263 g/mol. The van der Waals surface area contributed by atoms with Gasteiger partial charge >= 0.3 is 0 Å². The zero-order valence-electron chi connectivity index (χ0n) is 9.91. The fourth-order valence-electron chi connectivity index (χ4n) is 1.63. The fraction of sp³-hybridized carbons (Fsp3) is 0.154. The Kier molecular flexibility index (Phi) is 3.34. The van der Waals surface area contributed by atoms with Crippen LogP contribution in [0.2, 0.25) is 0 Å². The minimum atomic E-state index is -3.17. The maximum Gasteiger partial charge on any atom is 0.250 e. The Bertz CT molecular complexity index is 700. The normalized spacial score (nSPS) is 11.4. The van der Waals surface area contributed by atoms with E-state index in [9.17, 15) is 13.2 Å². The van der Waals surface area contributed by atoms with Gasteiger partial charge in [-0.05, 0) is 23.8 Å². The van der Waals surface area contributed by atoms with Gasteiger partial charge in [0.25, 0.3) is 5.56 Å². The van der Waals surface area contributed by atoms with E-state index in [2.05, 4.69) is 0 Å². The average Bonchev–Trinajstić information content (AvgIpc) is 2.32. The molecule has 0 aliphatic rings. The highest BCUT2D eigenvalue weighted by atomic mass is 32.2. The second kappa shape index (κ2) is 4.78. The summed E-state index contributed by atoms with van der Waals surface area (Å²) in [5.41, 5.74) is 0.806. The number of hydrogen-bond donors (Lipinski definition) is 0. The predicted molar refractivity (Wildman–Crippen MR) is 69.4 cm³/mol. The lowest BCUT2D eigenvalue weighted by Crippen LogP contribution is -2.18. The van der Waals surface area contributed by atoms with Gasteiger partial charge in [0, 0.05) is 18.5 Å². The third-order valence-corrected chi connectivity index (χ3v) is 3.73. The standard InChI is InChI=1S/C13H13NO3S/c1-18(16,17)12-7-5-11(6-8-12)10-14-9-3-2-4-13(14)15/h2-9H,10H2,1H3.